The van der Waals surface area contributed by atoms with Gasteiger partial charge in [0.05, 0.1) is 11.2 Å². The maximum absolute atomic E-state index is 12.4. The molecule has 1 aromatic carbocycles. The highest BCUT2D eigenvalue weighted by Gasteiger charge is 2.52. The summed E-state index contributed by atoms with van der Waals surface area (Å²) in [6.07, 6.45) is 1.53. The summed E-state index contributed by atoms with van der Waals surface area (Å²) in [7, 11) is -0.554. The molecule has 0 unspecified atom stereocenters. The van der Waals surface area contributed by atoms with Gasteiger partial charge in [-0.15, -0.1) is 5.10 Å². The summed E-state index contributed by atoms with van der Waals surface area (Å²) >= 11 is 0. The molecule has 7 heteroatoms. The van der Waals surface area contributed by atoms with Crippen LogP contribution in [0.4, 0.5) is 5.69 Å². The number of hydrogen-bond acceptors (Lipinski definition) is 5. The summed E-state index contributed by atoms with van der Waals surface area (Å²) in [5, 5.41) is 10.5. The molecule has 0 bridgehead atoms. The third-order valence-corrected chi connectivity index (χ3v) is 4.77. The normalized spacial score (nSPS) is 18.2. The fourth-order valence-electron chi connectivity index (χ4n) is 2.57. The lowest BCUT2D eigenvalue weighted by Crippen LogP contribution is -2.41. The number of anilines is 1. The fraction of sp³-hybridized carbons (Fsp3) is 0.389. The van der Waals surface area contributed by atoms with Crippen LogP contribution in [0.1, 0.15) is 43.7 Å². The summed E-state index contributed by atoms with van der Waals surface area (Å²) in [6, 6.07) is 9.04. The number of nitrogens with one attached hydrogen (secondary N) is 1. The van der Waals surface area contributed by atoms with E-state index in [2.05, 4.69) is 15.5 Å². The van der Waals surface area contributed by atoms with E-state index in [-0.39, 0.29) is 11.6 Å². The van der Waals surface area contributed by atoms with Gasteiger partial charge in [-0.2, -0.15) is 5.10 Å². The highest BCUT2D eigenvalue weighted by Crippen LogP contribution is 2.37. The zero-order valence-corrected chi connectivity index (χ0v) is 15.2. The number of hydrogen-bond donors (Lipinski definition) is 1. The molecule has 0 atom stereocenters. The van der Waals surface area contributed by atoms with Gasteiger partial charge in [0.15, 0.2) is 5.69 Å². The second kappa shape index (κ2) is 6.24. The molecule has 0 radical (unpaired) electrons. The Labute approximate surface area is 148 Å². The van der Waals surface area contributed by atoms with Crippen LogP contribution in [0.15, 0.2) is 36.5 Å². The summed E-state index contributed by atoms with van der Waals surface area (Å²) in [5.41, 5.74) is 1.84. The van der Waals surface area contributed by atoms with E-state index in [4.69, 9.17) is 9.31 Å². The van der Waals surface area contributed by atoms with E-state index in [0.717, 1.165) is 11.0 Å². The fourth-order valence-corrected chi connectivity index (χ4v) is 2.57. The molecular weight excluding hydrogens is 317 g/mol. The molecular formula is C18H22BN3O3. The lowest BCUT2D eigenvalue weighted by Gasteiger charge is -2.32. The number of aryl methyl sites for hydroxylation is 1. The highest BCUT2D eigenvalue weighted by molar-refractivity contribution is 6.64. The van der Waals surface area contributed by atoms with Gasteiger partial charge in [0.2, 0.25) is 0 Å². The molecule has 0 saturated carbocycles. The number of carbonyl (C=O) groups excluding carboxylic acids is 1. The van der Waals surface area contributed by atoms with Crippen molar-refractivity contribution < 1.29 is 14.1 Å². The Morgan fingerprint density at radius 3 is 2.40 bits per heavy atom. The van der Waals surface area contributed by atoms with Gasteiger partial charge >= 0.3 is 7.12 Å². The molecule has 0 spiro atoms. The predicted molar refractivity (Wildman–Crippen MR) is 96.9 cm³/mol. The predicted octanol–water partition coefficient (Wildman–Crippen LogP) is 2.34. The molecule has 1 saturated heterocycles. The summed E-state index contributed by atoms with van der Waals surface area (Å²) in [4.78, 5) is 12.4. The molecule has 3 rings (SSSR count). The number of aromatic nitrogens is 2. The minimum atomic E-state index is -0.554. The van der Waals surface area contributed by atoms with Crippen molar-refractivity contribution in [1.82, 2.24) is 10.2 Å². The van der Waals surface area contributed by atoms with E-state index in [9.17, 15) is 4.79 Å². The second-order valence-corrected chi connectivity index (χ2v) is 7.24. The lowest BCUT2D eigenvalue weighted by atomic mass is 9.77. The Morgan fingerprint density at radius 1 is 1.12 bits per heavy atom. The van der Waals surface area contributed by atoms with E-state index >= 15 is 0 Å². The van der Waals surface area contributed by atoms with Crippen molar-refractivity contribution in [1.29, 1.82) is 0 Å². The van der Waals surface area contributed by atoms with Gasteiger partial charge in [-0.3, -0.25) is 4.79 Å². The van der Waals surface area contributed by atoms with Crippen LogP contribution in [-0.4, -0.2) is 34.4 Å². The van der Waals surface area contributed by atoms with Gasteiger partial charge in [-0.1, -0.05) is 17.7 Å². The van der Waals surface area contributed by atoms with Crippen LogP contribution in [-0.2, 0) is 9.31 Å². The van der Waals surface area contributed by atoms with Crippen molar-refractivity contribution in [3.8, 4) is 0 Å². The Kier molecular flexibility index (Phi) is 4.39. The van der Waals surface area contributed by atoms with Crippen molar-refractivity contribution in [2.45, 2.75) is 45.8 Å². The molecule has 1 N–H and O–H groups in total. The quantitative estimate of drug-likeness (QED) is 0.869. The monoisotopic (exact) mass is 339 g/mol. The largest absolute Gasteiger partial charge is 0.496 e. The third kappa shape index (κ3) is 3.43. The Morgan fingerprint density at radius 2 is 1.80 bits per heavy atom. The maximum Gasteiger partial charge on any atom is 0.496 e. The average molecular weight is 339 g/mol. The summed E-state index contributed by atoms with van der Waals surface area (Å²) < 4.78 is 12.3. The molecule has 1 aliphatic rings. The number of carbonyl (C=O) groups is 1. The number of nitrogens with zero attached hydrogens (tertiary/aromatic N) is 2. The average Bonchev–Trinajstić information content (AvgIpc) is 2.78. The van der Waals surface area contributed by atoms with Crippen molar-refractivity contribution in [3.63, 3.8) is 0 Å². The summed E-state index contributed by atoms with van der Waals surface area (Å²) in [5.74, 6) is -0.324. The van der Waals surface area contributed by atoms with Crippen LogP contribution >= 0.6 is 0 Å². The van der Waals surface area contributed by atoms with Gasteiger partial charge in [-0.25, -0.2) is 0 Å². The Hall–Kier alpha value is -2.25. The first-order chi connectivity index (χ1) is 11.7. The maximum atomic E-state index is 12.4. The lowest BCUT2D eigenvalue weighted by molar-refractivity contribution is 0.00578. The van der Waals surface area contributed by atoms with Crippen molar-refractivity contribution in [3.05, 3.63) is 47.8 Å². The Bertz CT molecular complexity index is 777. The smallest absolute Gasteiger partial charge is 0.399 e. The highest BCUT2D eigenvalue weighted by atomic mass is 16.7. The number of amides is 1. The van der Waals surface area contributed by atoms with Crippen molar-refractivity contribution in [2.75, 3.05) is 5.32 Å². The van der Waals surface area contributed by atoms with Crippen LogP contribution in [0.25, 0.3) is 0 Å². The number of rotatable bonds is 3. The summed E-state index contributed by atoms with van der Waals surface area (Å²) in [6.45, 7) is 9.99. The first-order valence-electron chi connectivity index (χ1n) is 8.25. The van der Waals surface area contributed by atoms with Crippen LogP contribution < -0.4 is 10.8 Å². The van der Waals surface area contributed by atoms with Gasteiger partial charge in [0.25, 0.3) is 5.91 Å². The molecule has 6 nitrogen and oxygen atoms in total. The zero-order chi connectivity index (χ0) is 18.2. The first-order valence-corrected chi connectivity index (χ1v) is 8.25. The number of benzene rings is 1. The van der Waals surface area contributed by atoms with Gasteiger partial charge in [0, 0.05) is 17.3 Å². The third-order valence-electron chi connectivity index (χ3n) is 4.77. The molecule has 2 heterocycles. The Balaban J connectivity index is 1.91. The van der Waals surface area contributed by atoms with Crippen molar-refractivity contribution in [2.24, 2.45) is 0 Å². The molecule has 130 valence electrons. The first kappa shape index (κ1) is 17.6. The van der Waals surface area contributed by atoms with Gasteiger partial charge < -0.3 is 14.6 Å². The van der Waals surface area contributed by atoms with E-state index < -0.39 is 18.3 Å². The molecule has 1 aromatic heterocycles. The molecule has 25 heavy (non-hydrogen) atoms. The van der Waals surface area contributed by atoms with Crippen LogP contribution in [0.2, 0.25) is 0 Å². The van der Waals surface area contributed by atoms with E-state index in [1.54, 1.807) is 12.1 Å². The molecule has 1 fully saturated rings. The molecule has 0 aliphatic carbocycles. The second-order valence-electron chi connectivity index (χ2n) is 7.24. The minimum absolute atomic E-state index is 0.253. The zero-order valence-electron chi connectivity index (χ0n) is 15.2. The van der Waals surface area contributed by atoms with E-state index in [1.165, 1.54) is 6.20 Å². The molecule has 2 aromatic rings. The van der Waals surface area contributed by atoms with Crippen LogP contribution in [0.5, 0.6) is 0 Å². The van der Waals surface area contributed by atoms with Crippen molar-refractivity contribution >= 4 is 24.2 Å². The van der Waals surface area contributed by atoms with Crippen LogP contribution in [0.3, 0.4) is 0 Å². The SMILES string of the molecule is Cc1ccc(NC(=O)c2cccnn2)c(B2OC(C)(C)C(C)(C)O2)c1. The molecule has 1 amide bonds. The minimum Gasteiger partial charge on any atom is -0.399 e. The van der Waals surface area contributed by atoms with E-state index in [0.29, 0.717) is 5.69 Å². The van der Waals surface area contributed by atoms with E-state index in [1.807, 2.05) is 52.8 Å². The standard InChI is InChI=1S/C18H22BN3O3/c1-12-8-9-14(21-16(23)15-7-6-10-20-22-15)13(11-12)19-24-17(2,3)18(4,5)25-19/h6-11H,1-5H3,(H,21,23). The van der Waals surface area contributed by atoms with Gasteiger partial charge in [-0.05, 0) is 52.8 Å². The van der Waals surface area contributed by atoms with Crippen LogP contribution in [0, 0.1) is 6.92 Å². The topological polar surface area (TPSA) is 73.3 Å². The molecule has 1 aliphatic heterocycles. The van der Waals surface area contributed by atoms with Gasteiger partial charge in [0.1, 0.15) is 0 Å².